The molecule has 5 nitrogen and oxygen atoms in total. The van der Waals surface area contributed by atoms with Gasteiger partial charge in [0, 0.05) is 13.1 Å². The Morgan fingerprint density at radius 3 is 2.43 bits per heavy atom. The molecular weight excluding hydrogens is 290 g/mol. The Morgan fingerprint density at radius 1 is 1.10 bits per heavy atom. The molecule has 0 amide bonds. The van der Waals surface area contributed by atoms with Crippen molar-refractivity contribution < 1.29 is 18.3 Å². The Morgan fingerprint density at radius 2 is 1.76 bits per heavy atom. The molecule has 124 valence electrons. The minimum atomic E-state index is -3.23. The highest BCUT2D eigenvalue weighted by atomic mass is 32.2. The summed E-state index contributed by atoms with van der Waals surface area (Å²) in [4.78, 5) is 0. The maximum absolute atomic E-state index is 12.2. The molecule has 0 unspecified atom stereocenters. The summed E-state index contributed by atoms with van der Waals surface area (Å²) in [7, 11) is -3.23. The molecule has 2 rings (SSSR count). The van der Waals surface area contributed by atoms with Gasteiger partial charge in [-0.2, -0.15) is 4.31 Å². The first kappa shape index (κ1) is 17.2. The van der Waals surface area contributed by atoms with Crippen LogP contribution >= 0.6 is 0 Å². The highest BCUT2D eigenvalue weighted by Crippen LogP contribution is 2.28. The summed E-state index contributed by atoms with van der Waals surface area (Å²) >= 11 is 0. The van der Waals surface area contributed by atoms with Crippen LogP contribution in [0.25, 0.3) is 0 Å². The molecule has 21 heavy (non-hydrogen) atoms. The van der Waals surface area contributed by atoms with E-state index in [4.69, 9.17) is 4.74 Å². The summed E-state index contributed by atoms with van der Waals surface area (Å²) in [6.45, 7) is 1.84. The maximum atomic E-state index is 12.2. The van der Waals surface area contributed by atoms with Gasteiger partial charge in [0.2, 0.25) is 10.0 Å². The van der Waals surface area contributed by atoms with Crippen molar-refractivity contribution in [3.8, 4) is 0 Å². The molecule has 2 aliphatic rings. The summed E-state index contributed by atoms with van der Waals surface area (Å²) < 4.78 is 31.0. The van der Waals surface area contributed by atoms with Crippen LogP contribution in [-0.2, 0) is 14.8 Å². The van der Waals surface area contributed by atoms with Crippen molar-refractivity contribution in [2.45, 2.75) is 57.5 Å². The highest BCUT2D eigenvalue weighted by Gasteiger charge is 2.25. The smallest absolute Gasteiger partial charge is 0.214 e. The second-order valence-electron chi connectivity index (χ2n) is 6.35. The van der Waals surface area contributed by atoms with E-state index in [1.54, 1.807) is 0 Å². The maximum Gasteiger partial charge on any atom is 0.214 e. The monoisotopic (exact) mass is 319 g/mol. The summed E-state index contributed by atoms with van der Waals surface area (Å²) in [6, 6.07) is 0. The zero-order chi connectivity index (χ0) is 15.1. The third kappa shape index (κ3) is 5.85. The number of ether oxygens (including phenoxy) is 1. The van der Waals surface area contributed by atoms with Gasteiger partial charge in [0.25, 0.3) is 0 Å². The number of hydrogen-bond donors (Lipinski definition) is 1. The van der Waals surface area contributed by atoms with Crippen molar-refractivity contribution in [1.29, 1.82) is 0 Å². The Bertz CT molecular complexity index is 386. The van der Waals surface area contributed by atoms with E-state index in [1.807, 2.05) is 0 Å². The van der Waals surface area contributed by atoms with E-state index in [9.17, 15) is 13.5 Å². The van der Waals surface area contributed by atoms with Crippen LogP contribution in [0.2, 0.25) is 0 Å². The van der Waals surface area contributed by atoms with Crippen molar-refractivity contribution in [3.05, 3.63) is 0 Å². The van der Waals surface area contributed by atoms with Crippen LogP contribution in [0.1, 0.15) is 51.4 Å². The molecule has 1 atom stereocenters. The van der Waals surface area contributed by atoms with Gasteiger partial charge in [-0.3, -0.25) is 0 Å². The van der Waals surface area contributed by atoms with Crippen molar-refractivity contribution in [1.82, 2.24) is 4.31 Å². The molecule has 2 fully saturated rings. The lowest BCUT2D eigenvalue weighted by Crippen LogP contribution is -2.42. The van der Waals surface area contributed by atoms with Crippen LogP contribution in [0.5, 0.6) is 0 Å². The molecule has 1 N–H and O–H groups in total. The second kappa shape index (κ2) is 8.46. The zero-order valence-electron chi connectivity index (χ0n) is 12.9. The zero-order valence-corrected chi connectivity index (χ0v) is 13.7. The lowest BCUT2D eigenvalue weighted by atomic mass is 9.85. The number of aliphatic hydroxyl groups excluding tert-OH is 1. The van der Waals surface area contributed by atoms with Crippen LogP contribution in [-0.4, -0.2) is 56.0 Å². The summed E-state index contributed by atoms with van der Waals surface area (Å²) in [6.07, 6.45) is 8.17. The normalized spacial score (nSPS) is 24.0. The van der Waals surface area contributed by atoms with Gasteiger partial charge in [0.05, 0.1) is 25.1 Å². The fourth-order valence-corrected chi connectivity index (χ4v) is 4.82. The van der Waals surface area contributed by atoms with Gasteiger partial charge < -0.3 is 9.84 Å². The largest absolute Gasteiger partial charge is 0.393 e. The van der Waals surface area contributed by atoms with E-state index >= 15 is 0 Å². The number of hydrogen-bond acceptors (Lipinski definition) is 4. The van der Waals surface area contributed by atoms with E-state index in [0.717, 1.165) is 18.8 Å². The first-order valence-electron chi connectivity index (χ1n) is 8.31. The van der Waals surface area contributed by atoms with E-state index in [-0.39, 0.29) is 5.75 Å². The topological polar surface area (TPSA) is 66.8 Å². The van der Waals surface area contributed by atoms with Gasteiger partial charge in [0.15, 0.2) is 0 Å². The van der Waals surface area contributed by atoms with Gasteiger partial charge in [-0.1, -0.05) is 32.1 Å². The number of rotatable bonds is 7. The average molecular weight is 319 g/mol. The van der Waals surface area contributed by atoms with Crippen LogP contribution in [0.15, 0.2) is 0 Å². The van der Waals surface area contributed by atoms with Crippen LogP contribution < -0.4 is 0 Å². The van der Waals surface area contributed by atoms with Gasteiger partial charge in [-0.25, -0.2) is 8.42 Å². The van der Waals surface area contributed by atoms with Gasteiger partial charge in [-0.05, 0) is 25.2 Å². The average Bonchev–Trinajstić information content (AvgIpc) is 2.53. The predicted octanol–water partition coefficient (Wildman–Crippen LogP) is 1.76. The van der Waals surface area contributed by atoms with Crippen LogP contribution in [0, 0.1) is 5.92 Å². The number of aliphatic hydroxyl groups is 1. The van der Waals surface area contributed by atoms with Gasteiger partial charge >= 0.3 is 0 Å². The summed E-state index contributed by atoms with van der Waals surface area (Å²) in [5.41, 5.74) is 0. The molecule has 1 aliphatic heterocycles. The fraction of sp³-hybridized carbons (Fsp3) is 1.00. The molecule has 0 bridgehead atoms. The Labute approximate surface area is 128 Å². The minimum absolute atomic E-state index is 0.0544. The molecule has 0 aromatic rings. The molecule has 1 heterocycles. The third-order valence-corrected chi connectivity index (χ3v) is 6.61. The summed E-state index contributed by atoms with van der Waals surface area (Å²) in [5.74, 6) is 0.794. The first-order valence-corrected chi connectivity index (χ1v) is 9.92. The van der Waals surface area contributed by atoms with E-state index in [2.05, 4.69) is 0 Å². The van der Waals surface area contributed by atoms with Gasteiger partial charge in [-0.15, -0.1) is 0 Å². The molecule has 1 aliphatic carbocycles. The molecule has 0 aromatic carbocycles. The SMILES string of the molecule is O=S(=O)(CC[C@@H](O)CCC1CCCCC1)N1CCOCC1. The quantitative estimate of drug-likeness (QED) is 0.776. The molecule has 1 saturated carbocycles. The van der Waals surface area contributed by atoms with E-state index in [1.165, 1.54) is 36.4 Å². The fourth-order valence-electron chi connectivity index (χ4n) is 3.29. The molecule has 6 heteroatoms. The van der Waals surface area contributed by atoms with Gasteiger partial charge in [0.1, 0.15) is 0 Å². The molecule has 0 radical (unpaired) electrons. The lowest BCUT2D eigenvalue weighted by molar-refractivity contribution is 0.0727. The molecular formula is C15H29NO4S. The first-order chi connectivity index (χ1) is 10.1. The van der Waals surface area contributed by atoms with Crippen molar-refractivity contribution in [3.63, 3.8) is 0 Å². The standard InChI is InChI=1S/C15H29NO4S/c17-15(7-6-14-4-2-1-3-5-14)8-13-21(18,19)16-9-11-20-12-10-16/h14-15,17H,1-13H2/t15-/m0/s1. The van der Waals surface area contributed by atoms with E-state index in [0.29, 0.717) is 32.7 Å². The lowest BCUT2D eigenvalue weighted by Gasteiger charge is -2.26. The van der Waals surface area contributed by atoms with E-state index < -0.39 is 16.1 Å². The predicted molar refractivity (Wildman–Crippen MR) is 82.6 cm³/mol. The van der Waals surface area contributed by atoms with Crippen molar-refractivity contribution in [2.75, 3.05) is 32.1 Å². The second-order valence-corrected chi connectivity index (χ2v) is 8.44. The molecule has 1 saturated heterocycles. The summed E-state index contributed by atoms with van der Waals surface area (Å²) in [5, 5.41) is 10.0. The molecule has 0 aromatic heterocycles. The Balaban J connectivity index is 1.66. The van der Waals surface area contributed by atoms with Crippen LogP contribution in [0.4, 0.5) is 0 Å². The highest BCUT2D eigenvalue weighted by molar-refractivity contribution is 7.89. The minimum Gasteiger partial charge on any atom is -0.393 e. The van der Waals surface area contributed by atoms with Crippen molar-refractivity contribution in [2.24, 2.45) is 5.92 Å². The number of nitrogens with zero attached hydrogens (tertiary/aromatic N) is 1. The third-order valence-electron chi connectivity index (χ3n) is 4.71. The number of sulfonamides is 1. The Hall–Kier alpha value is -0.170. The Kier molecular flexibility index (Phi) is 6.92. The molecule has 0 spiro atoms. The van der Waals surface area contributed by atoms with Crippen molar-refractivity contribution >= 4 is 10.0 Å². The number of morpholine rings is 1. The van der Waals surface area contributed by atoms with Crippen LogP contribution in [0.3, 0.4) is 0 Å².